The van der Waals surface area contributed by atoms with Gasteiger partial charge in [-0.1, -0.05) is 30.5 Å². The molecule has 1 aliphatic rings. The second-order valence-electron chi connectivity index (χ2n) is 5.20. The summed E-state index contributed by atoms with van der Waals surface area (Å²) in [5, 5.41) is 9.30. The number of aliphatic hydroxyl groups excluding tert-OH is 1. The molecule has 4 heteroatoms. The zero-order valence-corrected chi connectivity index (χ0v) is 11.7. The van der Waals surface area contributed by atoms with Crippen molar-refractivity contribution in [1.82, 2.24) is 0 Å². The average Bonchev–Trinajstić information content (AvgIpc) is 2.28. The van der Waals surface area contributed by atoms with Crippen LogP contribution in [0.15, 0.2) is 23.1 Å². The first-order valence-corrected chi connectivity index (χ1v) is 7.97. The third kappa shape index (κ3) is 2.45. The molecule has 1 fully saturated rings. The van der Waals surface area contributed by atoms with Crippen LogP contribution in [0.25, 0.3) is 0 Å². The molecule has 1 N–H and O–H groups in total. The van der Waals surface area contributed by atoms with Crippen molar-refractivity contribution in [3.8, 4) is 0 Å². The van der Waals surface area contributed by atoms with Crippen molar-refractivity contribution in [3.63, 3.8) is 0 Å². The lowest BCUT2D eigenvalue weighted by Crippen LogP contribution is -2.37. The highest BCUT2D eigenvalue weighted by Crippen LogP contribution is 2.30. The molecule has 2 unspecified atom stereocenters. The summed E-state index contributed by atoms with van der Waals surface area (Å²) < 4.78 is 25.1. The first-order chi connectivity index (χ1) is 8.43. The molecule has 1 aromatic carbocycles. The second kappa shape index (κ2) is 5.02. The molecular weight excluding hydrogens is 248 g/mol. The average molecular weight is 268 g/mol. The van der Waals surface area contributed by atoms with Crippen molar-refractivity contribution in [2.75, 3.05) is 0 Å². The number of aliphatic hydroxyl groups is 1. The van der Waals surface area contributed by atoms with Gasteiger partial charge in [-0.25, -0.2) is 8.42 Å². The molecule has 0 spiro atoms. The predicted molar refractivity (Wildman–Crippen MR) is 71.4 cm³/mol. The van der Waals surface area contributed by atoms with Crippen LogP contribution in [0.1, 0.15) is 36.8 Å². The maximum atomic E-state index is 12.6. The van der Waals surface area contributed by atoms with Crippen molar-refractivity contribution in [3.05, 3.63) is 29.3 Å². The SMILES string of the molecule is Cc1ccc(S(=O)(=O)C2CCCCC2O)c(C)c1. The van der Waals surface area contributed by atoms with Crippen molar-refractivity contribution in [2.24, 2.45) is 0 Å². The normalized spacial score (nSPS) is 25.1. The maximum absolute atomic E-state index is 12.6. The summed E-state index contributed by atoms with van der Waals surface area (Å²) in [6.07, 6.45) is 2.24. The van der Waals surface area contributed by atoms with Gasteiger partial charge in [0.1, 0.15) is 0 Å². The van der Waals surface area contributed by atoms with E-state index in [0.717, 1.165) is 24.0 Å². The lowest BCUT2D eigenvalue weighted by atomic mass is 9.97. The van der Waals surface area contributed by atoms with Gasteiger partial charge in [-0.05, 0) is 38.3 Å². The molecule has 0 bridgehead atoms. The van der Waals surface area contributed by atoms with Crippen LogP contribution in [0, 0.1) is 13.8 Å². The minimum Gasteiger partial charge on any atom is -0.392 e. The highest BCUT2D eigenvalue weighted by atomic mass is 32.2. The number of benzene rings is 1. The number of hydrogen-bond acceptors (Lipinski definition) is 3. The molecule has 0 aromatic heterocycles. The van der Waals surface area contributed by atoms with Crippen LogP contribution in [-0.2, 0) is 9.84 Å². The Bertz CT molecular complexity index is 534. The molecule has 1 aromatic rings. The van der Waals surface area contributed by atoms with Crippen LogP contribution in [0.5, 0.6) is 0 Å². The fourth-order valence-electron chi connectivity index (χ4n) is 2.72. The number of rotatable bonds is 2. The molecule has 100 valence electrons. The Kier molecular flexibility index (Phi) is 3.78. The summed E-state index contributed by atoms with van der Waals surface area (Å²) in [5.74, 6) is 0. The van der Waals surface area contributed by atoms with Crippen LogP contribution < -0.4 is 0 Å². The molecule has 1 aliphatic carbocycles. The zero-order valence-electron chi connectivity index (χ0n) is 10.9. The van der Waals surface area contributed by atoms with Crippen molar-refractivity contribution in [2.45, 2.75) is 55.8 Å². The van der Waals surface area contributed by atoms with Gasteiger partial charge in [-0.2, -0.15) is 0 Å². The minimum atomic E-state index is -3.41. The Balaban J connectivity index is 2.41. The van der Waals surface area contributed by atoms with Gasteiger partial charge in [-0.3, -0.25) is 0 Å². The van der Waals surface area contributed by atoms with E-state index in [0.29, 0.717) is 17.7 Å². The summed E-state index contributed by atoms with van der Waals surface area (Å²) in [6, 6.07) is 5.36. The number of sulfone groups is 1. The van der Waals surface area contributed by atoms with Gasteiger partial charge in [0, 0.05) is 0 Å². The predicted octanol–water partition coefficient (Wildman–Crippen LogP) is 2.38. The Morgan fingerprint density at radius 3 is 2.44 bits per heavy atom. The van der Waals surface area contributed by atoms with Crippen LogP contribution in [0.2, 0.25) is 0 Å². The number of hydrogen-bond donors (Lipinski definition) is 1. The van der Waals surface area contributed by atoms with E-state index in [-0.39, 0.29) is 0 Å². The topological polar surface area (TPSA) is 54.4 Å². The fourth-order valence-corrected chi connectivity index (χ4v) is 4.84. The van der Waals surface area contributed by atoms with Crippen LogP contribution >= 0.6 is 0 Å². The van der Waals surface area contributed by atoms with E-state index in [9.17, 15) is 13.5 Å². The van der Waals surface area contributed by atoms with Gasteiger partial charge in [0.15, 0.2) is 9.84 Å². The molecule has 0 saturated heterocycles. The van der Waals surface area contributed by atoms with Gasteiger partial charge < -0.3 is 5.11 Å². The van der Waals surface area contributed by atoms with E-state index in [2.05, 4.69) is 0 Å². The van der Waals surface area contributed by atoms with E-state index in [1.165, 1.54) is 0 Å². The van der Waals surface area contributed by atoms with E-state index < -0.39 is 21.2 Å². The largest absolute Gasteiger partial charge is 0.392 e. The molecule has 0 radical (unpaired) electrons. The fraction of sp³-hybridized carbons (Fsp3) is 0.571. The van der Waals surface area contributed by atoms with Gasteiger partial charge >= 0.3 is 0 Å². The van der Waals surface area contributed by atoms with E-state index in [1.807, 2.05) is 26.0 Å². The standard InChI is InChI=1S/C14H20O3S/c1-10-7-8-13(11(2)9-10)18(16,17)14-6-4-3-5-12(14)15/h7-9,12,14-15H,3-6H2,1-2H3. The lowest BCUT2D eigenvalue weighted by Gasteiger charge is -2.27. The van der Waals surface area contributed by atoms with Gasteiger partial charge in [-0.15, -0.1) is 0 Å². The monoisotopic (exact) mass is 268 g/mol. The molecule has 2 rings (SSSR count). The van der Waals surface area contributed by atoms with Crippen molar-refractivity contribution in [1.29, 1.82) is 0 Å². The molecule has 2 atom stereocenters. The Hall–Kier alpha value is -0.870. The summed E-state index contributed by atoms with van der Waals surface area (Å²) in [6.45, 7) is 3.76. The molecule has 0 amide bonds. The molecule has 18 heavy (non-hydrogen) atoms. The lowest BCUT2D eigenvalue weighted by molar-refractivity contribution is 0.133. The zero-order chi connectivity index (χ0) is 13.3. The number of aryl methyl sites for hydroxylation is 2. The minimum absolute atomic E-state index is 0.374. The smallest absolute Gasteiger partial charge is 0.184 e. The molecule has 3 nitrogen and oxygen atoms in total. The summed E-state index contributed by atoms with van der Waals surface area (Å²) in [5.41, 5.74) is 1.82. The van der Waals surface area contributed by atoms with Crippen LogP contribution in [0.4, 0.5) is 0 Å². The van der Waals surface area contributed by atoms with Crippen molar-refractivity contribution >= 4 is 9.84 Å². The molecule has 1 saturated carbocycles. The van der Waals surface area contributed by atoms with E-state index >= 15 is 0 Å². The second-order valence-corrected chi connectivity index (χ2v) is 7.34. The molecular formula is C14H20O3S. The summed E-state index contributed by atoms with van der Waals surface area (Å²) >= 11 is 0. The van der Waals surface area contributed by atoms with Gasteiger partial charge in [0.05, 0.1) is 16.2 Å². The summed E-state index contributed by atoms with van der Waals surface area (Å²) in [4.78, 5) is 0.374. The Morgan fingerprint density at radius 1 is 1.17 bits per heavy atom. The third-order valence-electron chi connectivity index (χ3n) is 3.70. The highest BCUT2D eigenvalue weighted by Gasteiger charge is 2.36. The highest BCUT2D eigenvalue weighted by molar-refractivity contribution is 7.92. The van der Waals surface area contributed by atoms with Crippen molar-refractivity contribution < 1.29 is 13.5 Å². The first kappa shape index (κ1) is 13.6. The maximum Gasteiger partial charge on any atom is 0.184 e. The van der Waals surface area contributed by atoms with Crippen LogP contribution in [0.3, 0.4) is 0 Å². The van der Waals surface area contributed by atoms with Gasteiger partial charge in [0.25, 0.3) is 0 Å². The molecule has 0 heterocycles. The van der Waals surface area contributed by atoms with E-state index in [4.69, 9.17) is 0 Å². The first-order valence-electron chi connectivity index (χ1n) is 6.42. The quantitative estimate of drug-likeness (QED) is 0.896. The third-order valence-corrected chi connectivity index (χ3v) is 6.12. The Labute approximate surface area is 109 Å². The van der Waals surface area contributed by atoms with Gasteiger partial charge in [0.2, 0.25) is 0 Å². The molecule has 0 aliphatic heterocycles. The Morgan fingerprint density at radius 2 is 1.83 bits per heavy atom. The summed E-state index contributed by atoms with van der Waals surface area (Å²) in [7, 11) is -3.41. The van der Waals surface area contributed by atoms with Crippen LogP contribution in [-0.4, -0.2) is 24.9 Å². The van der Waals surface area contributed by atoms with E-state index in [1.54, 1.807) is 6.07 Å².